The SMILES string of the molecule is O=Nc1cnc2ccncc2c1Cl. The highest BCUT2D eigenvalue weighted by molar-refractivity contribution is 6.37. The lowest BCUT2D eigenvalue weighted by Crippen LogP contribution is -1.81. The van der Waals surface area contributed by atoms with Gasteiger partial charge in [0.15, 0.2) is 0 Å². The number of nitroso groups, excluding NO2 is 1. The lowest BCUT2D eigenvalue weighted by Gasteiger charge is -1.98. The summed E-state index contributed by atoms with van der Waals surface area (Å²) in [6.45, 7) is 0. The highest BCUT2D eigenvalue weighted by Crippen LogP contribution is 2.30. The topological polar surface area (TPSA) is 55.2 Å². The lowest BCUT2D eigenvalue weighted by atomic mass is 10.2. The Morgan fingerprint density at radius 1 is 1.38 bits per heavy atom. The van der Waals surface area contributed by atoms with E-state index in [2.05, 4.69) is 15.1 Å². The molecule has 0 bridgehead atoms. The first kappa shape index (κ1) is 8.07. The number of hydrogen-bond acceptors (Lipinski definition) is 4. The van der Waals surface area contributed by atoms with E-state index in [1.807, 2.05) is 0 Å². The van der Waals surface area contributed by atoms with E-state index < -0.39 is 0 Å². The van der Waals surface area contributed by atoms with E-state index in [0.29, 0.717) is 15.9 Å². The molecule has 0 fully saturated rings. The van der Waals surface area contributed by atoms with Gasteiger partial charge in [0.2, 0.25) is 0 Å². The van der Waals surface area contributed by atoms with E-state index in [4.69, 9.17) is 11.6 Å². The Labute approximate surface area is 78.6 Å². The molecule has 2 aromatic rings. The van der Waals surface area contributed by atoms with Crippen LogP contribution in [-0.4, -0.2) is 9.97 Å². The highest BCUT2D eigenvalue weighted by Gasteiger charge is 2.05. The maximum absolute atomic E-state index is 10.3. The van der Waals surface area contributed by atoms with Gasteiger partial charge in [0, 0.05) is 17.8 Å². The summed E-state index contributed by atoms with van der Waals surface area (Å²) in [6, 6.07) is 1.72. The van der Waals surface area contributed by atoms with Gasteiger partial charge in [0.1, 0.15) is 5.69 Å². The molecule has 0 saturated carbocycles. The van der Waals surface area contributed by atoms with Crippen molar-refractivity contribution in [2.24, 2.45) is 5.18 Å². The smallest absolute Gasteiger partial charge is 0.145 e. The van der Waals surface area contributed by atoms with Crippen LogP contribution in [0.3, 0.4) is 0 Å². The van der Waals surface area contributed by atoms with Crippen molar-refractivity contribution in [2.45, 2.75) is 0 Å². The fourth-order valence-corrected chi connectivity index (χ4v) is 1.29. The molecule has 2 aromatic heterocycles. The molecule has 0 spiro atoms. The summed E-state index contributed by atoms with van der Waals surface area (Å²) in [5.74, 6) is 0. The van der Waals surface area contributed by atoms with Crippen molar-refractivity contribution < 1.29 is 0 Å². The molecule has 0 aliphatic carbocycles. The van der Waals surface area contributed by atoms with Crippen molar-refractivity contribution in [2.75, 3.05) is 0 Å². The largest absolute Gasteiger partial charge is 0.264 e. The third kappa shape index (κ3) is 1.25. The Morgan fingerprint density at radius 2 is 2.23 bits per heavy atom. The quantitative estimate of drug-likeness (QED) is 0.655. The normalized spacial score (nSPS) is 10.2. The van der Waals surface area contributed by atoms with Crippen molar-refractivity contribution in [3.8, 4) is 0 Å². The summed E-state index contributed by atoms with van der Waals surface area (Å²) >= 11 is 5.87. The van der Waals surface area contributed by atoms with Crippen LogP contribution < -0.4 is 0 Å². The Balaban J connectivity index is 2.86. The number of halogens is 1. The lowest BCUT2D eigenvalue weighted by molar-refractivity contribution is 1.31. The van der Waals surface area contributed by atoms with Crippen LogP contribution in [0, 0.1) is 4.91 Å². The monoisotopic (exact) mass is 193 g/mol. The molecule has 5 heteroatoms. The van der Waals surface area contributed by atoms with Gasteiger partial charge in [-0.3, -0.25) is 9.97 Å². The summed E-state index contributed by atoms with van der Waals surface area (Å²) in [4.78, 5) is 18.2. The summed E-state index contributed by atoms with van der Waals surface area (Å²) < 4.78 is 0. The maximum atomic E-state index is 10.3. The second-order valence-electron chi connectivity index (χ2n) is 2.44. The number of rotatable bonds is 1. The van der Waals surface area contributed by atoms with E-state index in [9.17, 15) is 4.91 Å². The molecule has 0 aliphatic rings. The van der Waals surface area contributed by atoms with E-state index in [1.54, 1.807) is 18.5 Å². The maximum Gasteiger partial charge on any atom is 0.145 e. The number of aromatic nitrogens is 2. The van der Waals surface area contributed by atoms with E-state index in [-0.39, 0.29) is 5.69 Å². The molecule has 2 rings (SSSR count). The summed E-state index contributed by atoms with van der Waals surface area (Å²) in [7, 11) is 0. The molecule has 0 N–H and O–H groups in total. The molecular weight excluding hydrogens is 190 g/mol. The van der Waals surface area contributed by atoms with Crippen LogP contribution >= 0.6 is 11.6 Å². The third-order valence-electron chi connectivity index (χ3n) is 1.68. The molecule has 0 aliphatic heterocycles. The van der Waals surface area contributed by atoms with Gasteiger partial charge in [-0.1, -0.05) is 11.6 Å². The first-order valence-corrected chi connectivity index (χ1v) is 3.92. The van der Waals surface area contributed by atoms with Crippen molar-refractivity contribution in [3.63, 3.8) is 0 Å². The average molecular weight is 194 g/mol. The summed E-state index contributed by atoms with van der Waals surface area (Å²) in [6.07, 6.45) is 4.51. The highest BCUT2D eigenvalue weighted by atomic mass is 35.5. The first-order chi connectivity index (χ1) is 6.33. The Hall–Kier alpha value is -1.55. The third-order valence-corrected chi connectivity index (χ3v) is 2.08. The van der Waals surface area contributed by atoms with Crippen molar-refractivity contribution in [1.82, 2.24) is 9.97 Å². The van der Waals surface area contributed by atoms with Crippen molar-refractivity contribution in [1.29, 1.82) is 0 Å². The molecule has 2 heterocycles. The van der Waals surface area contributed by atoms with Gasteiger partial charge < -0.3 is 0 Å². The standard InChI is InChI=1S/C8H4ClN3O/c9-8-5-3-10-2-1-6(5)11-4-7(8)12-13/h1-4H. The van der Waals surface area contributed by atoms with Gasteiger partial charge in [-0.15, -0.1) is 4.91 Å². The molecule has 0 saturated heterocycles. The first-order valence-electron chi connectivity index (χ1n) is 3.54. The number of pyridine rings is 2. The van der Waals surface area contributed by atoms with Crippen LogP contribution in [0.5, 0.6) is 0 Å². The van der Waals surface area contributed by atoms with Crippen LogP contribution in [0.15, 0.2) is 29.8 Å². The molecular formula is C8H4ClN3O. The van der Waals surface area contributed by atoms with Crippen LogP contribution in [0.2, 0.25) is 5.02 Å². The van der Waals surface area contributed by atoms with Gasteiger partial charge in [-0.25, -0.2) is 0 Å². The molecule has 0 radical (unpaired) electrons. The predicted molar refractivity (Wildman–Crippen MR) is 50.0 cm³/mol. The van der Waals surface area contributed by atoms with E-state index in [0.717, 1.165) is 0 Å². The average Bonchev–Trinajstić information content (AvgIpc) is 2.19. The molecule has 0 atom stereocenters. The van der Waals surface area contributed by atoms with E-state index >= 15 is 0 Å². The Morgan fingerprint density at radius 3 is 3.00 bits per heavy atom. The number of fused-ring (bicyclic) bond motifs is 1. The van der Waals surface area contributed by atoms with Gasteiger partial charge in [0.25, 0.3) is 0 Å². The van der Waals surface area contributed by atoms with E-state index in [1.165, 1.54) is 6.20 Å². The molecule has 0 amide bonds. The van der Waals surface area contributed by atoms with Crippen molar-refractivity contribution in [3.05, 3.63) is 34.6 Å². The molecule has 0 unspecified atom stereocenters. The zero-order valence-electron chi connectivity index (χ0n) is 6.44. The van der Waals surface area contributed by atoms with Gasteiger partial charge in [0.05, 0.1) is 16.7 Å². The van der Waals surface area contributed by atoms with Crippen molar-refractivity contribution >= 4 is 28.2 Å². The Bertz CT molecular complexity index is 472. The zero-order chi connectivity index (χ0) is 9.26. The Kier molecular flexibility index (Phi) is 1.90. The van der Waals surface area contributed by atoms with Crippen LogP contribution in [-0.2, 0) is 0 Å². The fourth-order valence-electron chi connectivity index (χ4n) is 1.06. The summed E-state index contributed by atoms with van der Waals surface area (Å²) in [5, 5.41) is 3.69. The molecule has 64 valence electrons. The predicted octanol–water partition coefficient (Wildman–Crippen LogP) is 2.68. The minimum absolute atomic E-state index is 0.141. The minimum atomic E-state index is 0.141. The van der Waals surface area contributed by atoms with Crippen LogP contribution in [0.1, 0.15) is 0 Å². The molecule has 0 aromatic carbocycles. The van der Waals surface area contributed by atoms with Gasteiger partial charge >= 0.3 is 0 Å². The van der Waals surface area contributed by atoms with Crippen LogP contribution in [0.4, 0.5) is 5.69 Å². The molecule has 13 heavy (non-hydrogen) atoms. The summed E-state index contributed by atoms with van der Waals surface area (Å²) in [5.41, 5.74) is 0.842. The minimum Gasteiger partial charge on any atom is -0.264 e. The second kappa shape index (κ2) is 3.06. The van der Waals surface area contributed by atoms with Gasteiger partial charge in [-0.2, -0.15) is 0 Å². The van der Waals surface area contributed by atoms with Gasteiger partial charge in [-0.05, 0) is 11.2 Å². The number of hydrogen-bond donors (Lipinski definition) is 0. The fraction of sp³-hybridized carbons (Fsp3) is 0. The zero-order valence-corrected chi connectivity index (χ0v) is 7.19. The molecule has 4 nitrogen and oxygen atoms in total. The number of nitrogens with zero attached hydrogens (tertiary/aromatic N) is 3. The second-order valence-corrected chi connectivity index (χ2v) is 2.82. The van der Waals surface area contributed by atoms with Crippen LogP contribution in [0.25, 0.3) is 10.9 Å².